The van der Waals surface area contributed by atoms with E-state index in [0.717, 1.165) is 4.31 Å². The predicted molar refractivity (Wildman–Crippen MR) is 145 cm³/mol. The monoisotopic (exact) mass is 556 g/mol. The number of hydrogen-bond donors (Lipinski definition) is 2. The maximum absolute atomic E-state index is 13.7. The van der Waals surface area contributed by atoms with Crippen molar-refractivity contribution in [3.8, 4) is 0 Å². The number of para-hydroxylation sites is 1. The highest BCUT2D eigenvalue weighted by molar-refractivity contribution is 7.89. The van der Waals surface area contributed by atoms with E-state index in [0.29, 0.717) is 22.2 Å². The first-order valence-electron chi connectivity index (χ1n) is 12.0. The van der Waals surface area contributed by atoms with Gasteiger partial charge in [0.05, 0.1) is 24.2 Å². The number of benzene rings is 2. The van der Waals surface area contributed by atoms with Crippen molar-refractivity contribution in [1.29, 1.82) is 0 Å². The van der Waals surface area contributed by atoms with Gasteiger partial charge in [0, 0.05) is 36.1 Å². The summed E-state index contributed by atoms with van der Waals surface area (Å²) in [5.74, 6) is -1.45. The minimum absolute atomic E-state index is 0.0162. The van der Waals surface area contributed by atoms with Gasteiger partial charge in [-0.2, -0.15) is 16.9 Å². The van der Waals surface area contributed by atoms with Crippen molar-refractivity contribution < 1.29 is 27.5 Å². The quantitative estimate of drug-likeness (QED) is 0.323. The number of fused-ring (bicyclic) bond motifs is 1. The molecule has 0 radical (unpaired) electrons. The van der Waals surface area contributed by atoms with Crippen molar-refractivity contribution >= 4 is 57.0 Å². The van der Waals surface area contributed by atoms with E-state index in [1.807, 2.05) is 0 Å². The fraction of sp³-hybridized carbons (Fsp3) is 0.308. The zero-order valence-corrected chi connectivity index (χ0v) is 22.6. The summed E-state index contributed by atoms with van der Waals surface area (Å²) in [5, 5.41) is 3.00. The van der Waals surface area contributed by atoms with Crippen LogP contribution in [0.25, 0.3) is 10.9 Å². The number of esters is 1. The van der Waals surface area contributed by atoms with Crippen LogP contribution < -0.4 is 5.32 Å². The highest BCUT2D eigenvalue weighted by Gasteiger charge is 2.44. The second-order valence-corrected chi connectivity index (χ2v) is 11.4. The Hall–Kier alpha value is -3.48. The zero-order chi connectivity index (χ0) is 27.4. The maximum atomic E-state index is 13.7. The summed E-state index contributed by atoms with van der Waals surface area (Å²) in [7, 11) is -2.64. The third-order valence-electron chi connectivity index (χ3n) is 6.14. The van der Waals surface area contributed by atoms with Crippen LogP contribution in [0.15, 0.2) is 65.7 Å². The van der Waals surface area contributed by atoms with Crippen molar-refractivity contribution in [2.45, 2.75) is 29.5 Å². The van der Waals surface area contributed by atoms with E-state index in [-0.39, 0.29) is 36.3 Å². The van der Waals surface area contributed by atoms with Gasteiger partial charge in [0.2, 0.25) is 21.8 Å². The first-order chi connectivity index (χ1) is 18.1. The topological polar surface area (TPSA) is 126 Å². The van der Waals surface area contributed by atoms with E-state index in [1.54, 1.807) is 43.3 Å². The molecule has 3 aromatic rings. The summed E-state index contributed by atoms with van der Waals surface area (Å²) in [6.45, 7) is 1.72. The van der Waals surface area contributed by atoms with Crippen molar-refractivity contribution in [2.75, 3.05) is 32.1 Å². The predicted octanol–water partition coefficient (Wildman–Crippen LogP) is 2.57. The average molecular weight is 557 g/mol. The molecule has 2 atom stereocenters. The van der Waals surface area contributed by atoms with Crippen LogP contribution in [0, 0.1) is 0 Å². The molecule has 1 fully saturated rings. The van der Waals surface area contributed by atoms with Gasteiger partial charge >= 0.3 is 5.97 Å². The van der Waals surface area contributed by atoms with Gasteiger partial charge in [-0.05, 0) is 49.7 Å². The van der Waals surface area contributed by atoms with Gasteiger partial charge < -0.3 is 15.0 Å². The molecule has 1 aliphatic rings. The number of hydrogen-bond acceptors (Lipinski definition) is 8. The molecule has 1 N–H and O–H groups in total. The Morgan fingerprint density at radius 3 is 2.55 bits per heavy atom. The third kappa shape index (κ3) is 5.82. The molecule has 12 heteroatoms. The molecule has 0 unspecified atom stereocenters. The molecule has 0 spiro atoms. The number of carbonyl (C=O) groups is 3. The Balaban J connectivity index is 1.46. The lowest BCUT2D eigenvalue weighted by Gasteiger charge is -2.27. The molecule has 1 saturated heterocycles. The van der Waals surface area contributed by atoms with Gasteiger partial charge in [0.15, 0.2) is 0 Å². The number of sulfonamides is 1. The fourth-order valence-corrected chi connectivity index (χ4v) is 6.63. The molecule has 200 valence electrons. The molecule has 10 nitrogen and oxygen atoms in total. The molecule has 0 bridgehead atoms. The smallest absolute Gasteiger partial charge is 0.338 e. The SMILES string of the molecule is CCOC(=O)c1ccc(NC(=O)CN(C)C(=O)[C@@H]2C[C@H](S)CN2S(=O)(=O)c2cccc3cccnc23)cc1. The molecule has 2 aromatic carbocycles. The number of nitrogens with zero attached hydrogens (tertiary/aromatic N) is 3. The molecule has 2 amide bonds. The number of rotatable bonds is 8. The minimum Gasteiger partial charge on any atom is -0.462 e. The molecule has 1 aromatic heterocycles. The normalized spacial score (nSPS) is 17.8. The first kappa shape index (κ1) is 27.6. The van der Waals surface area contributed by atoms with Crippen molar-refractivity contribution in [3.05, 3.63) is 66.4 Å². The molecule has 38 heavy (non-hydrogen) atoms. The largest absolute Gasteiger partial charge is 0.462 e. The van der Waals surface area contributed by atoms with Crippen LogP contribution in [0.4, 0.5) is 5.69 Å². The standard InChI is InChI=1S/C26H28N4O6S2/c1-3-36-26(33)18-9-11-19(12-10-18)28-23(31)16-29(2)25(32)21-14-20(37)15-30(21)38(34,35)22-8-4-6-17-7-5-13-27-24(17)22/h4-13,20-21,37H,3,14-16H2,1-2H3,(H,28,31)/t20-,21-/m0/s1. The molecule has 0 aliphatic carbocycles. The van der Waals surface area contributed by atoms with E-state index in [9.17, 15) is 22.8 Å². The highest BCUT2D eigenvalue weighted by Crippen LogP contribution is 2.32. The number of nitrogens with one attached hydrogen (secondary N) is 1. The van der Waals surface area contributed by atoms with Gasteiger partial charge in [0.25, 0.3) is 0 Å². The van der Waals surface area contributed by atoms with Crippen LogP contribution in [-0.2, 0) is 24.3 Å². The van der Waals surface area contributed by atoms with Gasteiger partial charge in [-0.3, -0.25) is 14.6 Å². The number of aromatic nitrogens is 1. The summed E-state index contributed by atoms with van der Waals surface area (Å²) in [4.78, 5) is 43.2. The molecule has 2 heterocycles. The van der Waals surface area contributed by atoms with Crippen LogP contribution in [0.5, 0.6) is 0 Å². The van der Waals surface area contributed by atoms with E-state index in [1.165, 1.54) is 36.3 Å². The van der Waals surface area contributed by atoms with Crippen LogP contribution in [-0.4, -0.2) is 78.4 Å². The molecule has 4 rings (SSSR count). The van der Waals surface area contributed by atoms with E-state index in [2.05, 4.69) is 22.9 Å². The van der Waals surface area contributed by atoms with Gasteiger partial charge in [-0.25, -0.2) is 13.2 Å². The summed E-state index contributed by atoms with van der Waals surface area (Å²) in [6, 6.07) is 13.5. The summed E-state index contributed by atoms with van der Waals surface area (Å²) in [5.41, 5.74) is 1.11. The van der Waals surface area contributed by atoms with Crippen molar-refractivity contribution in [1.82, 2.24) is 14.2 Å². The summed E-state index contributed by atoms with van der Waals surface area (Å²) in [6.07, 6.45) is 1.73. The Morgan fingerprint density at radius 2 is 1.84 bits per heavy atom. The molecular weight excluding hydrogens is 528 g/mol. The lowest BCUT2D eigenvalue weighted by Crippen LogP contribution is -2.48. The van der Waals surface area contributed by atoms with E-state index in [4.69, 9.17) is 4.74 Å². The third-order valence-corrected chi connectivity index (χ3v) is 8.42. The van der Waals surface area contributed by atoms with E-state index < -0.39 is 33.8 Å². The van der Waals surface area contributed by atoms with Crippen LogP contribution in [0.1, 0.15) is 23.7 Å². The number of amides is 2. The Kier molecular flexibility index (Phi) is 8.34. The Morgan fingerprint density at radius 1 is 1.13 bits per heavy atom. The lowest BCUT2D eigenvalue weighted by molar-refractivity contribution is -0.136. The fourth-order valence-electron chi connectivity index (χ4n) is 4.34. The number of pyridine rings is 1. The number of carbonyl (C=O) groups excluding carboxylic acids is 3. The summed E-state index contributed by atoms with van der Waals surface area (Å²) < 4.78 is 33.5. The second kappa shape index (κ2) is 11.5. The number of ether oxygens (including phenoxy) is 1. The van der Waals surface area contributed by atoms with Crippen molar-refractivity contribution in [2.24, 2.45) is 0 Å². The van der Waals surface area contributed by atoms with Gasteiger partial charge in [0.1, 0.15) is 10.9 Å². The van der Waals surface area contributed by atoms with Gasteiger partial charge in [-0.1, -0.05) is 18.2 Å². The zero-order valence-electron chi connectivity index (χ0n) is 20.9. The molecular formula is C26H28N4O6S2. The maximum Gasteiger partial charge on any atom is 0.338 e. The molecule has 0 saturated carbocycles. The van der Waals surface area contributed by atoms with E-state index >= 15 is 0 Å². The van der Waals surface area contributed by atoms with Gasteiger partial charge in [-0.15, -0.1) is 0 Å². The lowest BCUT2D eigenvalue weighted by atomic mass is 10.2. The Labute approximate surface area is 226 Å². The minimum atomic E-state index is -4.08. The Bertz CT molecular complexity index is 1460. The first-order valence-corrected chi connectivity index (χ1v) is 13.9. The summed E-state index contributed by atoms with van der Waals surface area (Å²) >= 11 is 4.46. The average Bonchev–Trinajstić information content (AvgIpc) is 3.30. The second-order valence-electron chi connectivity index (χ2n) is 8.85. The highest BCUT2D eigenvalue weighted by atomic mass is 32.2. The number of likely N-dealkylation sites (N-methyl/N-ethyl adjacent to an activating group) is 1. The van der Waals surface area contributed by atoms with Crippen molar-refractivity contribution in [3.63, 3.8) is 0 Å². The number of thiol groups is 1. The van der Waals surface area contributed by atoms with Crippen LogP contribution in [0.2, 0.25) is 0 Å². The van der Waals surface area contributed by atoms with Crippen LogP contribution in [0.3, 0.4) is 0 Å². The number of anilines is 1. The molecule has 1 aliphatic heterocycles. The van der Waals surface area contributed by atoms with Crippen LogP contribution >= 0.6 is 12.6 Å².